The zero-order valence-electron chi connectivity index (χ0n) is 10.3. The Morgan fingerprint density at radius 2 is 2.00 bits per heavy atom. The van der Waals surface area contributed by atoms with Gasteiger partial charge in [-0.2, -0.15) is 0 Å². The molecule has 1 atom stereocenters. The molecule has 15 heavy (non-hydrogen) atoms. The maximum Gasteiger partial charge on any atom is 0.224 e. The summed E-state index contributed by atoms with van der Waals surface area (Å²) in [6, 6.07) is -0.141. The van der Waals surface area contributed by atoms with Crippen molar-refractivity contribution >= 4 is 5.91 Å². The van der Waals surface area contributed by atoms with E-state index >= 15 is 0 Å². The number of hydrogen-bond acceptors (Lipinski definition) is 3. The van der Waals surface area contributed by atoms with Crippen LogP contribution in [0.4, 0.5) is 0 Å². The van der Waals surface area contributed by atoms with Crippen molar-refractivity contribution in [3.8, 4) is 0 Å². The minimum atomic E-state index is -0.141. The third-order valence-corrected chi connectivity index (χ3v) is 2.61. The third-order valence-electron chi connectivity index (χ3n) is 2.61. The Morgan fingerprint density at radius 1 is 1.47 bits per heavy atom. The summed E-state index contributed by atoms with van der Waals surface area (Å²) in [5.41, 5.74) is 5.87. The Kier molecular flexibility index (Phi) is 5.83. The normalized spacial score (nSPS) is 13.7. The van der Waals surface area contributed by atoms with Crippen molar-refractivity contribution in [3.05, 3.63) is 0 Å². The Hall–Kier alpha value is -0.610. The number of hydrogen-bond donors (Lipinski definition) is 2. The number of amides is 1. The van der Waals surface area contributed by atoms with Crippen LogP contribution < -0.4 is 5.73 Å². The second-order valence-corrected chi connectivity index (χ2v) is 4.87. The number of nitrogens with two attached hydrogens (primary N) is 1. The Bertz CT molecular complexity index is 199. The molecule has 3 N–H and O–H groups in total. The lowest BCUT2D eigenvalue weighted by atomic mass is 9.85. The van der Waals surface area contributed by atoms with Gasteiger partial charge in [0.25, 0.3) is 0 Å². The quantitative estimate of drug-likeness (QED) is 0.707. The third kappa shape index (κ3) is 5.14. The standard InChI is InChI=1S/C11H24N2O2/c1-5-13(6-7-14)10(15)8-9(12)11(2,3)4/h9,14H,5-8,12H2,1-4H3. The van der Waals surface area contributed by atoms with E-state index in [2.05, 4.69) is 0 Å². The summed E-state index contributed by atoms with van der Waals surface area (Å²) < 4.78 is 0. The van der Waals surface area contributed by atoms with Crippen LogP contribution in [0.2, 0.25) is 0 Å². The van der Waals surface area contributed by atoms with E-state index in [4.69, 9.17) is 10.8 Å². The lowest BCUT2D eigenvalue weighted by Gasteiger charge is -2.29. The van der Waals surface area contributed by atoms with Gasteiger partial charge < -0.3 is 15.7 Å². The van der Waals surface area contributed by atoms with Crippen LogP contribution in [-0.2, 0) is 4.79 Å². The first-order valence-corrected chi connectivity index (χ1v) is 5.47. The summed E-state index contributed by atoms with van der Waals surface area (Å²) in [6.07, 6.45) is 0.345. The summed E-state index contributed by atoms with van der Waals surface area (Å²) >= 11 is 0. The van der Waals surface area contributed by atoms with Crippen molar-refractivity contribution in [2.75, 3.05) is 19.7 Å². The van der Waals surface area contributed by atoms with E-state index in [1.54, 1.807) is 4.90 Å². The second-order valence-electron chi connectivity index (χ2n) is 4.87. The van der Waals surface area contributed by atoms with E-state index < -0.39 is 0 Å². The van der Waals surface area contributed by atoms with E-state index in [9.17, 15) is 4.79 Å². The summed E-state index contributed by atoms with van der Waals surface area (Å²) in [6.45, 7) is 8.98. The van der Waals surface area contributed by atoms with Gasteiger partial charge in [0.1, 0.15) is 0 Å². The van der Waals surface area contributed by atoms with Gasteiger partial charge in [-0.15, -0.1) is 0 Å². The van der Waals surface area contributed by atoms with Crippen LogP contribution in [-0.4, -0.2) is 41.7 Å². The second kappa shape index (κ2) is 6.08. The van der Waals surface area contributed by atoms with Gasteiger partial charge in [-0.3, -0.25) is 4.79 Å². The van der Waals surface area contributed by atoms with Crippen LogP contribution in [0, 0.1) is 5.41 Å². The van der Waals surface area contributed by atoms with Gasteiger partial charge in [0, 0.05) is 25.6 Å². The van der Waals surface area contributed by atoms with Gasteiger partial charge in [0.15, 0.2) is 0 Å². The predicted octanol–water partition coefficient (Wildman–Crippen LogP) is 0.591. The van der Waals surface area contributed by atoms with Crippen molar-refractivity contribution < 1.29 is 9.90 Å². The molecule has 0 radical (unpaired) electrons. The Labute approximate surface area is 92.4 Å². The highest BCUT2D eigenvalue weighted by molar-refractivity contribution is 5.76. The molecule has 0 aliphatic heterocycles. The zero-order chi connectivity index (χ0) is 12.1. The minimum Gasteiger partial charge on any atom is -0.395 e. The van der Waals surface area contributed by atoms with Crippen LogP contribution in [0.3, 0.4) is 0 Å². The minimum absolute atomic E-state index is 0.00430. The average Bonchev–Trinajstić information content (AvgIpc) is 2.12. The van der Waals surface area contributed by atoms with Crippen molar-refractivity contribution in [1.82, 2.24) is 4.90 Å². The largest absolute Gasteiger partial charge is 0.395 e. The lowest BCUT2D eigenvalue weighted by Crippen LogP contribution is -2.42. The van der Waals surface area contributed by atoms with Gasteiger partial charge >= 0.3 is 0 Å². The molecule has 90 valence electrons. The smallest absolute Gasteiger partial charge is 0.224 e. The number of aliphatic hydroxyl groups excluding tert-OH is 1. The van der Waals surface area contributed by atoms with Crippen molar-refractivity contribution in [3.63, 3.8) is 0 Å². The van der Waals surface area contributed by atoms with Gasteiger partial charge in [-0.1, -0.05) is 20.8 Å². The maximum atomic E-state index is 11.8. The summed E-state index contributed by atoms with van der Waals surface area (Å²) in [4.78, 5) is 13.4. The van der Waals surface area contributed by atoms with E-state index in [0.717, 1.165) is 0 Å². The molecule has 1 unspecified atom stereocenters. The molecule has 4 heteroatoms. The molecule has 0 saturated heterocycles. The number of likely N-dealkylation sites (N-methyl/N-ethyl adjacent to an activating group) is 1. The van der Waals surface area contributed by atoms with Gasteiger partial charge in [0.05, 0.1) is 6.61 Å². The summed E-state index contributed by atoms with van der Waals surface area (Å²) in [7, 11) is 0. The summed E-state index contributed by atoms with van der Waals surface area (Å²) in [5.74, 6) is 0.0222. The molecular formula is C11H24N2O2. The van der Waals surface area contributed by atoms with Gasteiger partial charge in [0.2, 0.25) is 5.91 Å². The van der Waals surface area contributed by atoms with Crippen LogP contribution >= 0.6 is 0 Å². The Morgan fingerprint density at radius 3 is 2.33 bits per heavy atom. The molecule has 0 heterocycles. The molecule has 0 saturated carbocycles. The molecular weight excluding hydrogens is 192 g/mol. The molecule has 0 bridgehead atoms. The maximum absolute atomic E-state index is 11.8. The molecule has 1 amide bonds. The van der Waals surface area contributed by atoms with Crippen molar-refractivity contribution in [2.24, 2.45) is 11.1 Å². The average molecular weight is 216 g/mol. The van der Waals surface area contributed by atoms with Crippen LogP contribution in [0.15, 0.2) is 0 Å². The van der Waals surface area contributed by atoms with E-state index in [1.165, 1.54) is 0 Å². The highest BCUT2D eigenvalue weighted by Crippen LogP contribution is 2.20. The van der Waals surface area contributed by atoms with Crippen molar-refractivity contribution in [1.29, 1.82) is 0 Å². The fourth-order valence-corrected chi connectivity index (χ4v) is 1.20. The van der Waals surface area contributed by atoms with Crippen LogP contribution in [0.5, 0.6) is 0 Å². The molecule has 0 aromatic carbocycles. The first-order chi connectivity index (χ1) is 6.82. The number of carbonyl (C=O) groups excluding carboxylic acids is 1. The highest BCUT2D eigenvalue weighted by Gasteiger charge is 2.24. The first kappa shape index (κ1) is 14.4. The molecule has 0 fully saturated rings. The monoisotopic (exact) mass is 216 g/mol. The lowest BCUT2D eigenvalue weighted by molar-refractivity contribution is -0.132. The fraction of sp³-hybridized carbons (Fsp3) is 0.909. The predicted molar refractivity (Wildman–Crippen MR) is 61.4 cm³/mol. The molecule has 0 aliphatic rings. The fourth-order valence-electron chi connectivity index (χ4n) is 1.20. The summed E-state index contributed by atoms with van der Waals surface area (Å²) in [5, 5.41) is 8.79. The topological polar surface area (TPSA) is 66.6 Å². The number of aliphatic hydroxyl groups is 1. The Balaban J connectivity index is 4.22. The van der Waals surface area contributed by atoms with E-state index in [-0.39, 0.29) is 24.0 Å². The van der Waals surface area contributed by atoms with Crippen molar-refractivity contribution in [2.45, 2.75) is 40.2 Å². The molecule has 0 spiro atoms. The number of carbonyl (C=O) groups is 1. The molecule has 0 aromatic heterocycles. The highest BCUT2D eigenvalue weighted by atomic mass is 16.3. The first-order valence-electron chi connectivity index (χ1n) is 5.47. The van der Waals surface area contributed by atoms with E-state index in [1.807, 2.05) is 27.7 Å². The molecule has 0 aliphatic carbocycles. The van der Waals surface area contributed by atoms with E-state index in [0.29, 0.717) is 19.5 Å². The number of nitrogens with zero attached hydrogens (tertiary/aromatic N) is 1. The molecule has 0 rings (SSSR count). The SMILES string of the molecule is CCN(CCO)C(=O)CC(N)C(C)(C)C. The zero-order valence-corrected chi connectivity index (χ0v) is 10.3. The van der Waals surface area contributed by atoms with Gasteiger partial charge in [-0.05, 0) is 12.3 Å². The number of rotatable bonds is 5. The molecule has 4 nitrogen and oxygen atoms in total. The van der Waals surface area contributed by atoms with Crippen LogP contribution in [0.1, 0.15) is 34.1 Å². The van der Waals surface area contributed by atoms with Gasteiger partial charge in [-0.25, -0.2) is 0 Å². The van der Waals surface area contributed by atoms with Crippen LogP contribution in [0.25, 0.3) is 0 Å². The molecule has 0 aromatic rings.